The molecule has 9 heteroatoms. The van der Waals surface area contributed by atoms with E-state index in [0.29, 0.717) is 5.75 Å². The van der Waals surface area contributed by atoms with Gasteiger partial charge in [-0.05, 0) is 43.3 Å². The number of amides is 2. The summed E-state index contributed by atoms with van der Waals surface area (Å²) in [4.78, 5) is 28.1. The highest BCUT2D eigenvalue weighted by molar-refractivity contribution is 5.96. The number of phenols is 1. The molecule has 0 bridgehead atoms. The average Bonchev–Trinajstić information content (AvgIpc) is 2.74. The third-order valence-corrected chi connectivity index (χ3v) is 4.84. The Morgan fingerprint density at radius 2 is 1.53 bits per heavy atom. The monoisotopic (exact) mass is 422 g/mol. The van der Waals surface area contributed by atoms with Crippen LogP contribution >= 0.6 is 0 Å². The van der Waals surface area contributed by atoms with Crippen LogP contribution in [-0.4, -0.2) is 59.0 Å². The molecule has 0 aromatic heterocycles. The molecule has 0 aliphatic carbocycles. The lowest BCUT2D eigenvalue weighted by Crippen LogP contribution is -2.53. The third-order valence-electron chi connectivity index (χ3n) is 4.84. The number of nitrogens with zero attached hydrogens (tertiary/aromatic N) is 2. The maximum absolute atomic E-state index is 13.2. The second kappa shape index (κ2) is 8.64. The summed E-state index contributed by atoms with van der Waals surface area (Å²) < 4.78 is 45.1. The number of phenolic OH excluding ortho intramolecular Hbond substituents is 1. The number of halogens is 3. The van der Waals surface area contributed by atoms with Crippen molar-refractivity contribution in [2.24, 2.45) is 0 Å². The molecule has 0 saturated carbocycles. The SMILES string of the molecule is CC(Oc1ccc(O)cc1)C(=O)N1CCN(C(=O)c2ccccc2C(F)(F)F)CC1. The first-order valence-corrected chi connectivity index (χ1v) is 9.37. The average molecular weight is 422 g/mol. The predicted molar refractivity (Wildman–Crippen MR) is 102 cm³/mol. The summed E-state index contributed by atoms with van der Waals surface area (Å²) >= 11 is 0. The van der Waals surface area contributed by atoms with Gasteiger partial charge in [0.1, 0.15) is 11.5 Å². The lowest BCUT2D eigenvalue weighted by Gasteiger charge is -2.36. The summed E-state index contributed by atoms with van der Waals surface area (Å²) in [5, 5.41) is 9.29. The van der Waals surface area contributed by atoms with Gasteiger partial charge >= 0.3 is 6.18 Å². The molecule has 160 valence electrons. The summed E-state index contributed by atoms with van der Waals surface area (Å²) in [5.41, 5.74) is -1.36. The Morgan fingerprint density at radius 3 is 2.13 bits per heavy atom. The van der Waals surface area contributed by atoms with Gasteiger partial charge < -0.3 is 19.6 Å². The zero-order valence-electron chi connectivity index (χ0n) is 16.2. The van der Waals surface area contributed by atoms with Gasteiger partial charge in [0.05, 0.1) is 11.1 Å². The number of rotatable bonds is 4. The van der Waals surface area contributed by atoms with Crippen molar-refractivity contribution in [3.8, 4) is 11.5 Å². The van der Waals surface area contributed by atoms with Gasteiger partial charge in [0.15, 0.2) is 6.10 Å². The Morgan fingerprint density at radius 1 is 0.967 bits per heavy atom. The number of hydrogen-bond donors (Lipinski definition) is 1. The largest absolute Gasteiger partial charge is 0.508 e. The van der Waals surface area contributed by atoms with E-state index in [9.17, 15) is 27.9 Å². The third kappa shape index (κ3) is 4.84. The van der Waals surface area contributed by atoms with Crippen molar-refractivity contribution < 1.29 is 32.6 Å². The minimum Gasteiger partial charge on any atom is -0.508 e. The molecular weight excluding hydrogens is 401 g/mol. The second-order valence-corrected chi connectivity index (χ2v) is 6.91. The number of benzene rings is 2. The maximum Gasteiger partial charge on any atom is 0.417 e. The summed E-state index contributed by atoms with van der Waals surface area (Å²) in [6, 6.07) is 10.6. The van der Waals surface area contributed by atoms with E-state index in [1.54, 1.807) is 6.92 Å². The quantitative estimate of drug-likeness (QED) is 0.822. The van der Waals surface area contributed by atoms with Crippen LogP contribution in [0.4, 0.5) is 13.2 Å². The van der Waals surface area contributed by atoms with E-state index < -0.39 is 29.3 Å². The molecule has 2 aromatic rings. The number of hydrogen-bond acceptors (Lipinski definition) is 4. The van der Waals surface area contributed by atoms with Crippen molar-refractivity contribution in [3.63, 3.8) is 0 Å². The molecule has 6 nitrogen and oxygen atoms in total. The molecule has 1 heterocycles. The predicted octanol–water partition coefficient (Wildman–Crippen LogP) is 3.16. The van der Waals surface area contributed by atoms with Crippen LogP contribution in [0.1, 0.15) is 22.8 Å². The molecule has 1 fully saturated rings. The first-order chi connectivity index (χ1) is 14.2. The molecule has 0 spiro atoms. The first kappa shape index (κ1) is 21.5. The van der Waals surface area contributed by atoms with Gasteiger partial charge in [0.2, 0.25) is 0 Å². The fourth-order valence-corrected chi connectivity index (χ4v) is 3.25. The van der Waals surface area contributed by atoms with Crippen molar-refractivity contribution in [2.45, 2.75) is 19.2 Å². The Kier molecular flexibility index (Phi) is 6.19. The smallest absolute Gasteiger partial charge is 0.417 e. The topological polar surface area (TPSA) is 70.1 Å². The fraction of sp³-hybridized carbons (Fsp3) is 0.333. The van der Waals surface area contributed by atoms with Gasteiger partial charge in [0, 0.05) is 26.2 Å². The standard InChI is InChI=1S/C21H21F3N2O4/c1-14(30-16-8-6-15(27)7-9-16)19(28)25-10-12-26(13-11-25)20(29)17-4-2-3-5-18(17)21(22,23)24/h2-9,14,27H,10-13H2,1H3. The van der Waals surface area contributed by atoms with Crippen LogP contribution in [-0.2, 0) is 11.0 Å². The van der Waals surface area contributed by atoms with Crippen LogP contribution in [0.5, 0.6) is 11.5 Å². The highest BCUT2D eigenvalue weighted by Gasteiger charge is 2.36. The molecule has 1 aliphatic heterocycles. The van der Waals surface area contributed by atoms with E-state index in [0.717, 1.165) is 12.1 Å². The van der Waals surface area contributed by atoms with E-state index in [-0.39, 0.29) is 37.8 Å². The number of ether oxygens (including phenoxy) is 1. The van der Waals surface area contributed by atoms with Crippen molar-refractivity contribution in [3.05, 3.63) is 59.7 Å². The van der Waals surface area contributed by atoms with Crippen molar-refractivity contribution >= 4 is 11.8 Å². The minimum atomic E-state index is -4.62. The molecule has 0 radical (unpaired) electrons. The van der Waals surface area contributed by atoms with Crippen LogP contribution in [0, 0.1) is 0 Å². The molecule has 1 N–H and O–H groups in total. The van der Waals surface area contributed by atoms with E-state index in [1.807, 2.05) is 0 Å². The summed E-state index contributed by atoms with van der Waals surface area (Å²) in [6.45, 7) is 2.24. The van der Waals surface area contributed by atoms with Crippen molar-refractivity contribution in [2.75, 3.05) is 26.2 Å². The molecule has 30 heavy (non-hydrogen) atoms. The summed E-state index contributed by atoms with van der Waals surface area (Å²) in [5.74, 6) is -0.491. The Bertz CT molecular complexity index is 907. The second-order valence-electron chi connectivity index (χ2n) is 6.91. The fourth-order valence-electron chi connectivity index (χ4n) is 3.25. The number of piperazine rings is 1. The van der Waals surface area contributed by atoms with Crippen LogP contribution < -0.4 is 4.74 Å². The first-order valence-electron chi connectivity index (χ1n) is 9.37. The lowest BCUT2D eigenvalue weighted by atomic mass is 10.1. The maximum atomic E-state index is 13.2. The normalized spacial score (nSPS) is 15.6. The van der Waals surface area contributed by atoms with Crippen molar-refractivity contribution in [1.82, 2.24) is 9.80 Å². The molecule has 3 rings (SSSR count). The Labute approximate surface area is 171 Å². The zero-order chi connectivity index (χ0) is 21.9. The molecular formula is C21H21F3N2O4. The zero-order valence-corrected chi connectivity index (χ0v) is 16.2. The highest BCUT2D eigenvalue weighted by Crippen LogP contribution is 2.32. The molecule has 1 unspecified atom stereocenters. The van der Waals surface area contributed by atoms with Gasteiger partial charge in [-0.3, -0.25) is 9.59 Å². The Hall–Kier alpha value is -3.23. The molecule has 1 saturated heterocycles. The van der Waals surface area contributed by atoms with Gasteiger partial charge in [-0.1, -0.05) is 12.1 Å². The van der Waals surface area contributed by atoms with Gasteiger partial charge in [-0.2, -0.15) is 13.2 Å². The van der Waals surface area contributed by atoms with Crippen LogP contribution in [0.2, 0.25) is 0 Å². The lowest BCUT2D eigenvalue weighted by molar-refractivity contribution is -0.139. The van der Waals surface area contributed by atoms with Crippen LogP contribution in [0.3, 0.4) is 0 Å². The van der Waals surface area contributed by atoms with E-state index >= 15 is 0 Å². The van der Waals surface area contributed by atoms with E-state index in [1.165, 1.54) is 46.2 Å². The van der Waals surface area contributed by atoms with Crippen molar-refractivity contribution in [1.29, 1.82) is 0 Å². The minimum absolute atomic E-state index is 0.0780. The number of carbonyl (C=O) groups excluding carboxylic acids is 2. The van der Waals surface area contributed by atoms with Crippen LogP contribution in [0.15, 0.2) is 48.5 Å². The molecule has 2 aromatic carbocycles. The molecule has 1 aliphatic rings. The summed E-state index contributed by atoms with van der Waals surface area (Å²) in [7, 11) is 0. The van der Waals surface area contributed by atoms with E-state index in [4.69, 9.17) is 4.74 Å². The van der Waals surface area contributed by atoms with Gasteiger partial charge in [-0.15, -0.1) is 0 Å². The summed E-state index contributed by atoms with van der Waals surface area (Å²) in [6.07, 6.45) is -5.41. The number of carbonyl (C=O) groups is 2. The van der Waals surface area contributed by atoms with Gasteiger partial charge in [0.25, 0.3) is 11.8 Å². The Balaban J connectivity index is 1.60. The molecule has 1 atom stereocenters. The van der Waals surface area contributed by atoms with Gasteiger partial charge in [-0.25, -0.2) is 0 Å². The van der Waals surface area contributed by atoms with Crippen LogP contribution in [0.25, 0.3) is 0 Å². The number of aromatic hydroxyl groups is 1. The highest BCUT2D eigenvalue weighted by atomic mass is 19.4. The molecule has 2 amide bonds. The van der Waals surface area contributed by atoms with E-state index in [2.05, 4.69) is 0 Å². The number of alkyl halides is 3.